The molecule has 0 aliphatic rings. The molecule has 0 rings (SSSR count). The molecule has 0 aliphatic heterocycles. The van der Waals surface area contributed by atoms with Crippen molar-refractivity contribution in [3.8, 4) is 0 Å². The molecule has 0 bridgehead atoms. The third kappa shape index (κ3) is 3.68. The molecular formula is C7H18NO3P. The monoisotopic (exact) mass is 195 g/mol. The highest BCUT2D eigenvalue weighted by atomic mass is 31.2. The van der Waals surface area contributed by atoms with E-state index in [4.69, 9.17) is 0 Å². The third-order valence-corrected chi connectivity index (χ3v) is 3.15. The molecule has 12 heavy (non-hydrogen) atoms. The van der Waals surface area contributed by atoms with Gasteiger partial charge in [-0.3, -0.25) is 0 Å². The first kappa shape index (κ1) is 12.1. The number of rotatable bonds is 6. The summed E-state index contributed by atoms with van der Waals surface area (Å²) in [7, 11) is -2.22. The molecule has 0 radical (unpaired) electrons. The van der Waals surface area contributed by atoms with Gasteiger partial charge in [0.05, 0.1) is 0 Å². The van der Waals surface area contributed by atoms with E-state index in [-0.39, 0.29) is 0 Å². The van der Waals surface area contributed by atoms with Crippen molar-refractivity contribution in [1.82, 2.24) is 4.67 Å². The van der Waals surface area contributed by atoms with Crippen LogP contribution in [-0.2, 0) is 9.09 Å². The van der Waals surface area contributed by atoms with E-state index >= 15 is 0 Å². The summed E-state index contributed by atoms with van der Waals surface area (Å²) in [6, 6.07) is 0. The van der Waals surface area contributed by atoms with Crippen LogP contribution in [0.15, 0.2) is 0 Å². The van der Waals surface area contributed by atoms with Crippen LogP contribution >= 0.6 is 7.75 Å². The van der Waals surface area contributed by atoms with Crippen molar-refractivity contribution in [2.45, 2.75) is 26.7 Å². The lowest BCUT2D eigenvalue weighted by Gasteiger charge is -2.24. The molecule has 74 valence electrons. The lowest BCUT2D eigenvalue weighted by Crippen LogP contribution is -2.22. The fourth-order valence-electron chi connectivity index (χ4n) is 0.996. The Bertz CT molecular complexity index is 157. The van der Waals surface area contributed by atoms with E-state index in [1.54, 1.807) is 0 Å². The molecule has 5 heteroatoms. The quantitative estimate of drug-likeness (QED) is 0.657. The molecule has 0 aromatic heterocycles. The molecule has 0 heterocycles. The summed E-state index contributed by atoms with van der Waals surface area (Å²) in [5.74, 6) is 0. The second-order valence-corrected chi connectivity index (χ2v) is 4.54. The zero-order valence-corrected chi connectivity index (χ0v) is 8.88. The smallest absolute Gasteiger partial charge is 0.312 e. The van der Waals surface area contributed by atoms with Crippen molar-refractivity contribution < 1.29 is 14.0 Å². The highest BCUT2D eigenvalue weighted by Gasteiger charge is 2.26. The van der Waals surface area contributed by atoms with Gasteiger partial charge < -0.3 is 9.42 Å². The van der Waals surface area contributed by atoms with Gasteiger partial charge in [-0.1, -0.05) is 13.8 Å². The molecule has 0 aromatic carbocycles. The molecule has 0 saturated carbocycles. The van der Waals surface area contributed by atoms with E-state index in [2.05, 4.69) is 4.52 Å². The van der Waals surface area contributed by atoms with Crippen LogP contribution in [0.1, 0.15) is 26.7 Å². The fourth-order valence-corrected chi connectivity index (χ4v) is 2.13. The lowest BCUT2D eigenvalue weighted by molar-refractivity contribution is 0.235. The first-order valence-corrected chi connectivity index (χ1v) is 5.75. The van der Waals surface area contributed by atoms with Crippen LogP contribution in [0.4, 0.5) is 0 Å². The van der Waals surface area contributed by atoms with E-state index in [1.807, 2.05) is 13.8 Å². The van der Waals surface area contributed by atoms with Gasteiger partial charge in [0, 0.05) is 20.2 Å². The summed E-state index contributed by atoms with van der Waals surface area (Å²) < 4.78 is 17.4. The average molecular weight is 195 g/mol. The van der Waals surface area contributed by atoms with E-state index in [0.29, 0.717) is 13.1 Å². The predicted octanol–water partition coefficient (Wildman–Crippen LogP) is 1.86. The van der Waals surface area contributed by atoms with Gasteiger partial charge >= 0.3 is 7.75 Å². The Kier molecular flexibility index (Phi) is 5.76. The van der Waals surface area contributed by atoms with Gasteiger partial charge in [0.15, 0.2) is 0 Å². The van der Waals surface area contributed by atoms with Crippen LogP contribution in [-0.4, -0.2) is 29.8 Å². The van der Waals surface area contributed by atoms with Gasteiger partial charge in [-0.25, -0.2) is 9.24 Å². The van der Waals surface area contributed by atoms with Crippen molar-refractivity contribution in [3.05, 3.63) is 0 Å². The maximum absolute atomic E-state index is 11.3. The van der Waals surface area contributed by atoms with Crippen LogP contribution in [0.3, 0.4) is 0 Å². The summed E-state index contributed by atoms with van der Waals surface area (Å²) in [6.45, 7) is 5.15. The van der Waals surface area contributed by atoms with Gasteiger partial charge in [0.25, 0.3) is 0 Å². The minimum absolute atomic E-state index is 0.607. The molecule has 0 fully saturated rings. The number of hydrogen-bond acceptors (Lipinski definition) is 2. The molecule has 0 aliphatic carbocycles. The molecule has 1 N–H and O–H groups in total. The number of hydrogen-bond donors (Lipinski definition) is 1. The van der Waals surface area contributed by atoms with E-state index in [1.165, 1.54) is 11.8 Å². The van der Waals surface area contributed by atoms with E-state index in [0.717, 1.165) is 12.8 Å². The van der Waals surface area contributed by atoms with Gasteiger partial charge in [0.1, 0.15) is 0 Å². The maximum Gasteiger partial charge on any atom is 0.405 e. The maximum atomic E-state index is 11.3. The molecule has 1 atom stereocenters. The third-order valence-electron chi connectivity index (χ3n) is 1.56. The van der Waals surface area contributed by atoms with Crippen molar-refractivity contribution in [2.75, 3.05) is 20.2 Å². The van der Waals surface area contributed by atoms with Crippen LogP contribution < -0.4 is 0 Å². The minimum Gasteiger partial charge on any atom is -0.312 e. The van der Waals surface area contributed by atoms with E-state index in [9.17, 15) is 9.46 Å². The molecular weight excluding hydrogens is 177 g/mol. The summed E-state index contributed by atoms with van der Waals surface area (Å²) in [5.41, 5.74) is 0. The van der Waals surface area contributed by atoms with Crippen LogP contribution in [0.25, 0.3) is 0 Å². The molecule has 0 aromatic rings. The Hall–Kier alpha value is 0.110. The molecule has 0 spiro atoms. The summed E-state index contributed by atoms with van der Waals surface area (Å²) in [5, 5.41) is 0. The topological polar surface area (TPSA) is 49.8 Å². The highest BCUT2D eigenvalue weighted by Crippen LogP contribution is 2.45. The van der Waals surface area contributed by atoms with Crippen LogP contribution in [0, 0.1) is 0 Å². The standard InChI is InChI=1S/C7H18NO3P/c1-4-6-8(7-5-2)12(9,10)11-3/h4-7H2,1-3H3,(H,9,10). The zero-order chi connectivity index (χ0) is 9.61. The first-order chi connectivity index (χ1) is 5.58. The minimum atomic E-state index is -3.48. The Labute approximate surface area is 74.1 Å². The predicted molar refractivity (Wildman–Crippen MR) is 49.0 cm³/mol. The van der Waals surface area contributed by atoms with Crippen molar-refractivity contribution in [1.29, 1.82) is 0 Å². The largest absolute Gasteiger partial charge is 0.405 e. The van der Waals surface area contributed by atoms with Crippen molar-refractivity contribution in [3.63, 3.8) is 0 Å². The molecule has 1 unspecified atom stereocenters. The van der Waals surface area contributed by atoms with Gasteiger partial charge in [-0.15, -0.1) is 0 Å². The van der Waals surface area contributed by atoms with Crippen LogP contribution in [0.5, 0.6) is 0 Å². The Morgan fingerprint density at radius 2 is 1.75 bits per heavy atom. The molecule has 4 nitrogen and oxygen atoms in total. The van der Waals surface area contributed by atoms with Gasteiger partial charge in [-0.05, 0) is 12.8 Å². The van der Waals surface area contributed by atoms with Crippen molar-refractivity contribution >= 4 is 7.75 Å². The second kappa shape index (κ2) is 5.70. The number of nitrogens with zero attached hydrogens (tertiary/aromatic N) is 1. The SMILES string of the molecule is CCCN(CCC)P(=O)(O)OC. The molecule has 0 amide bonds. The zero-order valence-electron chi connectivity index (χ0n) is 7.99. The fraction of sp³-hybridized carbons (Fsp3) is 1.00. The summed E-state index contributed by atoms with van der Waals surface area (Å²) in [6.07, 6.45) is 1.71. The van der Waals surface area contributed by atoms with Gasteiger partial charge in [-0.2, -0.15) is 0 Å². The Morgan fingerprint density at radius 3 is 2.00 bits per heavy atom. The first-order valence-electron chi connectivity index (χ1n) is 4.22. The highest BCUT2D eigenvalue weighted by molar-refractivity contribution is 7.50. The molecule has 0 saturated heterocycles. The normalized spacial score (nSPS) is 16.4. The average Bonchev–Trinajstić information content (AvgIpc) is 2.04. The van der Waals surface area contributed by atoms with Gasteiger partial charge in [0.2, 0.25) is 0 Å². The Balaban J connectivity index is 4.17. The Morgan fingerprint density at radius 1 is 1.33 bits per heavy atom. The van der Waals surface area contributed by atoms with E-state index < -0.39 is 7.75 Å². The summed E-state index contributed by atoms with van der Waals surface area (Å²) in [4.78, 5) is 9.30. The summed E-state index contributed by atoms with van der Waals surface area (Å²) >= 11 is 0. The lowest BCUT2D eigenvalue weighted by atomic mass is 10.4. The second-order valence-electron chi connectivity index (χ2n) is 2.63. The van der Waals surface area contributed by atoms with Crippen molar-refractivity contribution in [2.24, 2.45) is 0 Å². The van der Waals surface area contributed by atoms with Crippen LogP contribution in [0.2, 0.25) is 0 Å².